The molecule has 4 heteroatoms. The smallest absolute Gasteiger partial charge is 0.0945 e. The van der Waals surface area contributed by atoms with Crippen LogP contribution in [-0.4, -0.2) is 28.2 Å². The van der Waals surface area contributed by atoms with Gasteiger partial charge in [0.15, 0.2) is 0 Å². The van der Waals surface area contributed by atoms with Crippen LogP contribution in [0.4, 0.5) is 0 Å². The Bertz CT molecular complexity index is 194. The quantitative estimate of drug-likeness (QED) is 0.443. The molecule has 0 fully saturated rings. The van der Waals surface area contributed by atoms with E-state index in [1.165, 1.54) is 0 Å². The second-order valence-electron chi connectivity index (χ2n) is 2.99. The Morgan fingerprint density at radius 1 is 1.36 bits per heavy atom. The second kappa shape index (κ2) is 8.72. The molecule has 0 aliphatic heterocycles. The first-order chi connectivity index (χ1) is 6.79. The molecule has 14 heavy (non-hydrogen) atoms. The minimum absolute atomic E-state index is 0.953. The van der Waals surface area contributed by atoms with Crippen LogP contribution in [0.5, 0.6) is 0 Å². The van der Waals surface area contributed by atoms with Gasteiger partial charge in [0.05, 0.1) is 6.33 Å². The predicted octanol–water partition coefficient (Wildman–Crippen LogP) is 1.49. The van der Waals surface area contributed by atoms with Gasteiger partial charge in [-0.25, -0.2) is 4.98 Å². The molecular weight excluding hydrogens is 176 g/mol. The molecule has 1 heterocycles. The van der Waals surface area contributed by atoms with Crippen LogP contribution in [0.15, 0.2) is 18.7 Å². The fourth-order valence-corrected chi connectivity index (χ4v) is 1.07. The highest BCUT2D eigenvalue weighted by molar-refractivity contribution is 4.73. The molecular formula is C10H22N4. The first-order valence-corrected chi connectivity index (χ1v) is 5.20. The molecule has 82 valence electrons. The minimum atomic E-state index is 0.953. The van der Waals surface area contributed by atoms with Gasteiger partial charge >= 0.3 is 0 Å². The summed E-state index contributed by atoms with van der Waals surface area (Å²) in [5, 5.41) is 1.72. The van der Waals surface area contributed by atoms with Gasteiger partial charge in [0.25, 0.3) is 0 Å². The van der Waals surface area contributed by atoms with E-state index in [-0.39, 0.29) is 0 Å². The van der Waals surface area contributed by atoms with E-state index in [0.717, 1.165) is 25.9 Å². The molecule has 2 N–H and O–H groups in total. The van der Waals surface area contributed by atoms with E-state index < -0.39 is 0 Å². The van der Waals surface area contributed by atoms with Crippen molar-refractivity contribution < 1.29 is 0 Å². The number of unbranched alkanes of at least 4 members (excludes halogenated alkanes) is 1. The van der Waals surface area contributed by atoms with Gasteiger partial charge in [-0.3, -0.25) is 10.9 Å². The molecule has 0 atom stereocenters. The molecule has 1 aromatic heterocycles. The summed E-state index contributed by atoms with van der Waals surface area (Å²) < 4.78 is 2.08. The van der Waals surface area contributed by atoms with E-state index in [4.69, 9.17) is 5.84 Å². The molecule has 0 aromatic carbocycles. The molecule has 0 saturated heterocycles. The van der Waals surface area contributed by atoms with Crippen molar-refractivity contribution in [3.8, 4) is 0 Å². The summed E-state index contributed by atoms with van der Waals surface area (Å²) in [6, 6.07) is 0. The van der Waals surface area contributed by atoms with Gasteiger partial charge in [-0.1, -0.05) is 13.8 Å². The molecule has 0 unspecified atom stereocenters. The number of hydrazine groups is 1. The number of aryl methyl sites for hydroxylation is 1. The van der Waals surface area contributed by atoms with Crippen molar-refractivity contribution in [1.29, 1.82) is 0 Å². The molecule has 1 rings (SSSR count). The maximum atomic E-state index is 5.47. The Labute approximate surface area is 86.7 Å². The third kappa shape index (κ3) is 6.62. The molecule has 0 amide bonds. The maximum absolute atomic E-state index is 5.47. The third-order valence-corrected chi connectivity index (χ3v) is 1.74. The van der Waals surface area contributed by atoms with E-state index in [9.17, 15) is 0 Å². The number of nitrogens with zero attached hydrogens (tertiary/aromatic N) is 3. The van der Waals surface area contributed by atoms with E-state index in [2.05, 4.69) is 9.55 Å². The molecule has 1 aromatic rings. The fourth-order valence-electron chi connectivity index (χ4n) is 1.07. The second-order valence-corrected chi connectivity index (χ2v) is 2.99. The van der Waals surface area contributed by atoms with Crippen LogP contribution in [0.2, 0.25) is 0 Å². The van der Waals surface area contributed by atoms with Gasteiger partial charge in [-0.05, 0) is 12.8 Å². The van der Waals surface area contributed by atoms with Gasteiger partial charge in [0.1, 0.15) is 0 Å². The topological polar surface area (TPSA) is 47.1 Å². The molecule has 4 nitrogen and oxygen atoms in total. The van der Waals surface area contributed by atoms with Crippen LogP contribution >= 0.6 is 0 Å². The Morgan fingerprint density at radius 3 is 2.57 bits per heavy atom. The van der Waals surface area contributed by atoms with Crippen LogP contribution in [0.3, 0.4) is 0 Å². The molecule has 0 spiro atoms. The highest BCUT2D eigenvalue weighted by atomic mass is 15.4. The standard InChI is InChI=1S/C8H16N4.C2H6/c1-11(9)5-2-3-6-12-7-4-10-8-12;1-2/h4,7-8H,2-3,5-6,9H2,1H3;1-2H3. The monoisotopic (exact) mass is 198 g/mol. The lowest BCUT2D eigenvalue weighted by Crippen LogP contribution is -2.26. The summed E-state index contributed by atoms with van der Waals surface area (Å²) in [5.74, 6) is 5.47. The molecule has 0 aliphatic carbocycles. The third-order valence-electron chi connectivity index (χ3n) is 1.74. The van der Waals surface area contributed by atoms with Crippen molar-refractivity contribution in [3.05, 3.63) is 18.7 Å². The normalized spacial score (nSPS) is 9.79. The first-order valence-electron chi connectivity index (χ1n) is 5.20. The number of nitrogens with two attached hydrogens (primary N) is 1. The average Bonchev–Trinajstić information content (AvgIpc) is 2.68. The average molecular weight is 198 g/mol. The maximum Gasteiger partial charge on any atom is 0.0945 e. The summed E-state index contributed by atoms with van der Waals surface area (Å²) in [5.41, 5.74) is 0. The lowest BCUT2D eigenvalue weighted by atomic mass is 10.3. The first kappa shape index (κ1) is 13.1. The van der Waals surface area contributed by atoms with E-state index in [1.807, 2.05) is 33.4 Å². The zero-order chi connectivity index (χ0) is 10.8. The van der Waals surface area contributed by atoms with Crippen LogP contribution < -0.4 is 5.84 Å². The van der Waals surface area contributed by atoms with Gasteiger partial charge in [0, 0.05) is 32.5 Å². The van der Waals surface area contributed by atoms with Crippen molar-refractivity contribution in [2.24, 2.45) is 5.84 Å². The van der Waals surface area contributed by atoms with Crippen LogP contribution in [0, 0.1) is 0 Å². The van der Waals surface area contributed by atoms with Gasteiger partial charge in [0.2, 0.25) is 0 Å². The summed E-state index contributed by atoms with van der Waals surface area (Å²) in [7, 11) is 1.89. The van der Waals surface area contributed by atoms with Crippen molar-refractivity contribution in [2.75, 3.05) is 13.6 Å². The van der Waals surface area contributed by atoms with E-state index in [0.29, 0.717) is 0 Å². The Hall–Kier alpha value is -0.870. The number of imidazole rings is 1. The van der Waals surface area contributed by atoms with Crippen LogP contribution in [0.25, 0.3) is 0 Å². The predicted molar refractivity (Wildman–Crippen MR) is 59.6 cm³/mol. The number of rotatable bonds is 5. The highest BCUT2D eigenvalue weighted by Gasteiger charge is 1.92. The van der Waals surface area contributed by atoms with E-state index in [1.54, 1.807) is 11.2 Å². The van der Waals surface area contributed by atoms with Gasteiger partial charge in [-0.2, -0.15) is 0 Å². The van der Waals surface area contributed by atoms with Crippen molar-refractivity contribution >= 4 is 0 Å². The molecule has 0 saturated carbocycles. The van der Waals surface area contributed by atoms with Gasteiger partial charge in [-0.15, -0.1) is 0 Å². The zero-order valence-corrected chi connectivity index (χ0v) is 9.48. The summed E-state index contributed by atoms with van der Waals surface area (Å²) in [6.07, 6.45) is 7.90. The molecule has 0 radical (unpaired) electrons. The number of hydrogen-bond acceptors (Lipinski definition) is 3. The van der Waals surface area contributed by atoms with Crippen molar-refractivity contribution in [2.45, 2.75) is 33.2 Å². The Balaban J connectivity index is 0.000000791. The number of aromatic nitrogens is 2. The number of hydrogen-bond donors (Lipinski definition) is 1. The summed E-state index contributed by atoms with van der Waals surface area (Å²) in [4.78, 5) is 3.96. The van der Waals surface area contributed by atoms with Crippen LogP contribution in [-0.2, 0) is 6.54 Å². The largest absolute Gasteiger partial charge is 0.337 e. The Kier molecular flexibility index (Phi) is 8.17. The lowest BCUT2D eigenvalue weighted by Gasteiger charge is -2.08. The summed E-state index contributed by atoms with van der Waals surface area (Å²) >= 11 is 0. The van der Waals surface area contributed by atoms with Crippen LogP contribution in [0.1, 0.15) is 26.7 Å². The fraction of sp³-hybridized carbons (Fsp3) is 0.700. The minimum Gasteiger partial charge on any atom is -0.337 e. The van der Waals surface area contributed by atoms with Gasteiger partial charge < -0.3 is 4.57 Å². The lowest BCUT2D eigenvalue weighted by molar-refractivity contribution is 0.335. The molecule has 0 aliphatic rings. The highest BCUT2D eigenvalue weighted by Crippen LogP contribution is 1.94. The van der Waals surface area contributed by atoms with Crippen molar-refractivity contribution in [1.82, 2.24) is 14.6 Å². The van der Waals surface area contributed by atoms with Crippen molar-refractivity contribution in [3.63, 3.8) is 0 Å². The van der Waals surface area contributed by atoms with E-state index >= 15 is 0 Å². The SMILES string of the molecule is CC.CN(N)CCCCn1ccnc1. The zero-order valence-electron chi connectivity index (χ0n) is 9.48. The Morgan fingerprint density at radius 2 is 2.07 bits per heavy atom. The summed E-state index contributed by atoms with van der Waals surface area (Å²) in [6.45, 7) is 5.99. The molecule has 0 bridgehead atoms.